The summed E-state index contributed by atoms with van der Waals surface area (Å²) in [6.07, 6.45) is 4.27. The van der Waals surface area contributed by atoms with Gasteiger partial charge in [0.2, 0.25) is 0 Å². The van der Waals surface area contributed by atoms with Crippen molar-refractivity contribution in [3.63, 3.8) is 0 Å². The van der Waals surface area contributed by atoms with E-state index in [2.05, 4.69) is 27.2 Å². The van der Waals surface area contributed by atoms with Gasteiger partial charge in [0, 0.05) is 18.7 Å². The van der Waals surface area contributed by atoms with Gasteiger partial charge in [-0.2, -0.15) is 0 Å². The van der Waals surface area contributed by atoms with Gasteiger partial charge >= 0.3 is 0 Å². The zero-order chi connectivity index (χ0) is 11.0. The highest BCUT2D eigenvalue weighted by Crippen LogP contribution is 2.23. The third-order valence-corrected chi connectivity index (χ3v) is 3.30. The fraction of sp³-hybridized carbons (Fsp3) is 0.500. The van der Waals surface area contributed by atoms with Gasteiger partial charge < -0.3 is 10.3 Å². The van der Waals surface area contributed by atoms with E-state index in [1.165, 1.54) is 18.4 Å². The molecule has 3 heterocycles. The average molecular weight is 216 g/mol. The quantitative estimate of drug-likeness (QED) is 0.763. The standard InChI is InChI=1S/C12H16N4/c1-8-4-6-14-12-10(8)15-11(16-12)9-3-2-5-13-7-9/h4,6,9,13H,2-3,5,7H2,1H3,(H,14,15,16)/t9-/m0/s1. The topological polar surface area (TPSA) is 53.6 Å². The minimum Gasteiger partial charge on any atom is -0.340 e. The van der Waals surface area contributed by atoms with Crippen molar-refractivity contribution in [2.45, 2.75) is 25.7 Å². The van der Waals surface area contributed by atoms with Crippen molar-refractivity contribution in [3.8, 4) is 0 Å². The van der Waals surface area contributed by atoms with Gasteiger partial charge in [-0.1, -0.05) is 0 Å². The van der Waals surface area contributed by atoms with Crippen molar-refractivity contribution >= 4 is 11.2 Å². The number of nitrogens with one attached hydrogen (secondary N) is 2. The lowest BCUT2D eigenvalue weighted by Gasteiger charge is -2.20. The molecule has 0 spiro atoms. The Morgan fingerprint density at radius 3 is 3.12 bits per heavy atom. The second-order valence-electron chi connectivity index (χ2n) is 4.49. The molecule has 4 nitrogen and oxygen atoms in total. The third kappa shape index (κ3) is 1.59. The van der Waals surface area contributed by atoms with Crippen molar-refractivity contribution < 1.29 is 0 Å². The van der Waals surface area contributed by atoms with Gasteiger partial charge in [-0.05, 0) is 37.9 Å². The summed E-state index contributed by atoms with van der Waals surface area (Å²) in [5.74, 6) is 1.60. The van der Waals surface area contributed by atoms with Gasteiger partial charge in [0.1, 0.15) is 5.82 Å². The summed E-state index contributed by atoms with van der Waals surface area (Å²) in [4.78, 5) is 12.3. The van der Waals surface area contributed by atoms with Crippen LogP contribution in [0.4, 0.5) is 0 Å². The molecule has 84 valence electrons. The number of aromatic nitrogens is 3. The molecular weight excluding hydrogens is 200 g/mol. The third-order valence-electron chi connectivity index (χ3n) is 3.30. The van der Waals surface area contributed by atoms with Crippen LogP contribution in [-0.4, -0.2) is 28.0 Å². The van der Waals surface area contributed by atoms with Crippen molar-refractivity contribution in [1.82, 2.24) is 20.3 Å². The Morgan fingerprint density at radius 1 is 1.44 bits per heavy atom. The lowest BCUT2D eigenvalue weighted by molar-refractivity contribution is 0.449. The number of nitrogens with zero attached hydrogens (tertiary/aromatic N) is 2. The van der Waals surface area contributed by atoms with Crippen LogP contribution in [0.3, 0.4) is 0 Å². The van der Waals surface area contributed by atoms with E-state index in [4.69, 9.17) is 0 Å². The van der Waals surface area contributed by atoms with Crippen LogP contribution in [0.25, 0.3) is 11.2 Å². The fourth-order valence-electron chi connectivity index (χ4n) is 2.33. The average Bonchev–Trinajstić information content (AvgIpc) is 2.76. The normalized spacial score (nSPS) is 21.4. The molecule has 2 N–H and O–H groups in total. The highest BCUT2D eigenvalue weighted by atomic mass is 15.0. The number of piperidine rings is 1. The van der Waals surface area contributed by atoms with E-state index in [1.54, 1.807) is 0 Å². The molecule has 0 saturated carbocycles. The number of H-pyrrole nitrogens is 1. The van der Waals surface area contributed by atoms with Gasteiger partial charge in [0.05, 0.1) is 5.52 Å². The Labute approximate surface area is 94.5 Å². The predicted molar refractivity (Wildman–Crippen MR) is 63.5 cm³/mol. The monoisotopic (exact) mass is 216 g/mol. The molecular formula is C12H16N4. The number of pyridine rings is 1. The van der Waals surface area contributed by atoms with Crippen LogP contribution in [0.5, 0.6) is 0 Å². The number of aryl methyl sites for hydroxylation is 1. The van der Waals surface area contributed by atoms with Crippen LogP contribution in [0, 0.1) is 6.92 Å². The first kappa shape index (κ1) is 9.78. The predicted octanol–water partition coefficient (Wildman–Crippen LogP) is 1.73. The highest BCUT2D eigenvalue weighted by Gasteiger charge is 2.19. The van der Waals surface area contributed by atoms with Crippen LogP contribution < -0.4 is 5.32 Å². The zero-order valence-corrected chi connectivity index (χ0v) is 9.45. The zero-order valence-electron chi connectivity index (χ0n) is 9.45. The summed E-state index contributed by atoms with van der Waals surface area (Å²) < 4.78 is 0. The maximum atomic E-state index is 4.59. The summed E-state index contributed by atoms with van der Waals surface area (Å²) in [7, 11) is 0. The molecule has 1 fully saturated rings. The molecule has 0 amide bonds. The summed E-state index contributed by atoms with van der Waals surface area (Å²) in [6, 6.07) is 2.02. The molecule has 1 atom stereocenters. The van der Waals surface area contributed by atoms with Crippen LogP contribution in [0.1, 0.15) is 30.1 Å². The Bertz CT molecular complexity index is 497. The van der Waals surface area contributed by atoms with Gasteiger partial charge in [-0.25, -0.2) is 9.97 Å². The molecule has 1 aliphatic heterocycles. The number of rotatable bonds is 1. The highest BCUT2D eigenvalue weighted by molar-refractivity contribution is 5.74. The first-order valence-corrected chi connectivity index (χ1v) is 5.86. The summed E-state index contributed by atoms with van der Waals surface area (Å²) in [5.41, 5.74) is 3.15. The summed E-state index contributed by atoms with van der Waals surface area (Å²) >= 11 is 0. The smallest absolute Gasteiger partial charge is 0.177 e. The van der Waals surface area contributed by atoms with E-state index in [0.29, 0.717) is 5.92 Å². The van der Waals surface area contributed by atoms with Gasteiger partial charge in [-0.3, -0.25) is 0 Å². The molecule has 2 aromatic rings. The van der Waals surface area contributed by atoms with Crippen molar-refractivity contribution in [2.75, 3.05) is 13.1 Å². The molecule has 0 aliphatic carbocycles. The Morgan fingerprint density at radius 2 is 2.38 bits per heavy atom. The van der Waals surface area contributed by atoms with Crippen molar-refractivity contribution in [2.24, 2.45) is 0 Å². The summed E-state index contributed by atoms with van der Waals surface area (Å²) in [5, 5.41) is 3.41. The van der Waals surface area contributed by atoms with E-state index in [9.17, 15) is 0 Å². The van der Waals surface area contributed by atoms with Crippen molar-refractivity contribution in [1.29, 1.82) is 0 Å². The summed E-state index contributed by atoms with van der Waals surface area (Å²) in [6.45, 7) is 4.25. The SMILES string of the molecule is Cc1ccnc2nc([C@H]3CCCNC3)[nH]c12. The maximum absolute atomic E-state index is 4.59. The minimum atomic E-state index is 0.516. The largest absolute Gasteiger partial charge is 0.340 e. The molecule has 0 radical (unpaired) electrons. The molecule has 1 aliphatic rings. The first-order chi connectivity index (χ1) is 7.84. The molecule has 2 aromatic heterocycles. The van der Waals surface area contributed by atoms with Gasteiger partial charge in [0.25, 0.3) is 0 Å². The second kappa shape index (κ2) is 3.87. The van der Waals surface area contributed by atoms with Crippen molar-refractivity contribution in [3.05, 3.63) is 23.7 Å². The Kier molecular flexibility index (Phi) is 2.36. The molecule has 0 unspecified atom stereocenters. The Balaban J connectivity index is 2.01. The second-order valence-corrected chi connectivity index (χ2v) is 4.49. The van der Waals surface area contributed by atoms with Crippen LogP contribution in [0.15, 0.2) is 12.3 Å². The maximum Gasteiger partial charge on any atom is 0.177 e. The van der Waals surface area contributed by atoms with Crippen LogP contribution >= 0.6 is 0 Å². The number of hydrogen-bond donors (Lipinski definition) is 2. The number of fused-ring (bicyclic) bond motifs is 1. The van der Waals surface area contributed by atoms with E-state index in [1.807, 2.05) is 12.3 Å². The van der Waals surface area contributed by atoms with E-state index in [-0.39, 0.29) is 0 Å². The molecule has 16 heavy (non-hydrogen) atoms. The van der Waals surface area contributed by atoms with Gasteiger partial charge in [0.15, 0.2) is 5.65 Å². The van der Waals surface area contributed by atoms with Crippen LogP contribution in [-0.2, 0) is 0 Å². The number of hydrogen-bond acceptors (Lipinski definition) is 3. The van der Waals surface area contributed by atoms with E-state index >= 15 is 0 Å². The molecule has 1 saturated heterocycles. The first-order valence-electron chi connectivity index (χ1n) is 5.86. The lowest BCUT2D eigenvalue weighted by Crippen LogP contribution is -2.28. The fourth-order valence-corrected chi connectivity index (χ4v) is 2.33. The van der Waals surface area contributed by atoms with Gasteiger partial charge in [-0.15, -0.1) is 0 Å². The number of aromatic amines is 1. The Hall–Kier alpha value is -1.42. The van der Waals surface area contributed by atoms with E-state index in [0.717, 1.165) is 30.1 Å². The number of imidazole rings is 1. The molecule has 4 heteroatoms. The van der Waals surface area contributed by atoms with Crippen LogP contribution in [0.2, 0.25) is 0 Å². The lowest BCUT2D eigenvalue weighted by atomic mass is 9.99. The molecule has 0 aromatic carbocycles. The van der Waals surface area contributed by atoms with E-state index < -0.39 is 0 Å². The molecule has 0 bridgehead atoms. The molecule has 3 rings (SSSR count). The minimum absolute atomic E-state index is 0.516.